The predicted octanol–water partition coefficient (Wildman–Crippen LogP) is 1.92. The van der Waals surface area contributed by atoms with Crippen molar-refractivity contribution < 1.29 is 4.79 Å². The van der Waals surface area contributed by atoms with Crippen molar-refractivity contribution in [3.8, 4) is 0 Å². The monoisotopic (exact) mass is 224 g/mol. The van der Waals surface area contributed by atoms with Gasteiger partial charge in [-0.25, -0.2) is 0 Å². The first-order valence-electron chi connectivity index (χ1n) is 6.83. The summed E-state index contributed by atoms with van der Waals surface area (Å²) in [5.74, 6) is 0.356. The van der Waals surface area contributed by atoms with E-state index in [1.54, 1.807) is 0 Å². The number of hydrogen-bond donors (Lipinski definition) is 1. The summed E-state index contributed by atoms with van der Waals surface area (Å²) in [4.78, 5) is 14.5. The Kier molecular flexibility index (Phi) is 4.22. The highest BCUT2D eigenvalue weighted by molar-refractivity contribution is 5.82. The van der Waals surface area contributed by atoms with Crippen molar-refractivity contribution in [2.45, 2.75) is 64.0 Å². The van der Waals surface area contributed by atoms with Crippen LogP contribution in [0.5, 0.6) is 0 Å². The minimum absolute atomic E-state index is 0.100. The van der Waals surface area contributed by atoms with Crippen molar-refractivity contribution >= 4 is 5.91 Å². The Morgan fingerprint density at radius 2 is 1.94 bits per heavy atom. The minimum Gasteiger partial charge on any atom is -0.339 e. The standard InChI is InChI=1S/C13H24N2O/c1-11-7-4-6-10-15(11)13(16)12-8-3-2-5-9-14-12/h11-12,14H,2-10H2,1H3/t11-,12+/m0/s1. The molecule has 1 N–H and O–H groups in total. The van der Waals surface area contributed by atoms with E-state index in [9.17, 15) is 4.79 Å². The third-order valence-electron chi connectivity index (χ3n) is 3.94. The van der Waals surface area contributed by atoms with E-state index < -0.39 is 0 Å². The molecule has 16 heavy (non-hydrogen) atoms. The van der Waals surface area contributed by atoms with Crippen LogP contribution in [0.2, 0.25) is 0 Å². The molecule has 3 heteroatoms. The van der Waals surface area contributed by atoms with Gasteiger partial charge in [0.2, 0.25) is 5.91 Å². The van der Waals surface area contributed by atoms with E-state index in [0.717, 1.165) is 19.5 Å². The maximum absolute atomic E-state index is 12.4. The Morgan fingerprint density at radius 1 is 1.12 bits per heavy atom. The zero-order valence-electron chi connectivity index (χ0n) is 10.4. The van der Waals surface area contributed by atoms with Crippen LogP contribution in [-0.2, 0) is 4.79 Å². The van der Waals surface area contributed by atoms with E-state index in [4.69, 9.17) is 0 Å². The zero-order valence-corrected chi connectivity index (χ0v) is 10.4. The smallest absolute Gasteiger partial charge is 0.239 e. The summed E-state index contributed by atoms with van der Waals surface area (Å²) in [7, 11) is 0. The van der Waals surface area contributed by atoms with Gasteiger partial charge in [0.05, 0.1) is 6.04 Å². The molecule has 2 aliphatic rings. The first kappa shape index (κ1) is 11.9. The van der Waals surface area contributed by atoms with Crippen molar-refractivity contribution in [2.24, 2.45) is 0 Å². The normalized spacial score (nSPS) is 32.2. The Bertz CT molecular complexity index is 234. The fourth-order valence-corrected chi connectivity index (χ4v) is 2.87. The van der Waals surface area contributed by atoms with E-state index in [1.807, 2.05) is 0 Å². The van der Waals surface area contributed by atoms with Crippen LogP contribution in [0.1, 0.15) is 51.9 Å². The molecular formula is C13H24N2O. The predicted molar refractivity (Wildman–Crippen MR) is 65.3 cm³/mol. The number of carbonyl (C=O) groups is 1. The average molecular weight is 224 g/mol. The number of nitrogens with zero attached hydrogens (tertiary/aromatic N) is 1. The molecule has 2 atom stereocenters. The van der Waals surface area contributed by atoms with E-state index in [2.05, 4.69) is 17.1 Å². The molecule has 0 radical (unpaired) electrons. The molecule has 0 unspecified atom stereocenters. The minimum atomic E-state index is 0.100. The summed E-state index contributed by atoms with van der Waals surface area (Å²) in [5, 5.41) is 3.41. The first-order chi connectivity index (χ1) is 7.79. The van der Waals surface area contributed by atoms with Crippen LogP contribution >= 0.6 is 0 Å². The fraction of sp³-hybridized carbons (Fsp3) is 0.923. The molecule has 1 amide bonds. The molecule has 92 valence electrons. The Labute approximate surface area is 98.6 Å². The summed E-state index contributed by atoms with van der Waals surface area (Å²) >= 11 is 0. The second-order valence-corrected chi connectivity index (χ2v) is 5.23. The SMILES string of the molecule is C[C@H]1CCCCN1C(=O)[C@H]1CCCCCN1. The maximum Gasteiger partial charge on any atom is 0.239 e. The molecule has 0 bridgehead atoms. The van der Waals surface area contributed by atoms with E-state index >= 15 is 0 Å². The van der Waals surface area contributed by atoms with Gasteiger partial charge in [0, 0.05) is 12.6 Å². The number of piperidine rings is 1. The molecule has 0 saturated carbocycles. The largest absolute Gasteiger partial charge is 0.339 e. The summed E-state index contributed by atoms with van der Waals surface area (Å²) in [6, 6.07) is 0.550. The Hall–Kier alpha value is -0.570. The average Bonchev–Trinajstić information content (AvgIpc) is 2.57. The van der Waals surface area contributed by atoms with E-state index in [0.29, 0.717) is 11.9 Å². The fourth-order valence-electron chi connectivity index (χ4n) is 2.87. The zero-order chi connectivity index (χ0) is 11.4. The van der Waals surface area contributed by atoms with E-state index in [1.165, 1.54) is 38.5 Å². The molecule has 2 rings (SSSR count). The number of hydrogen-bond acceptors (Lipinski definition) is 2. The van der Waals surface area contributed by atoms with Crippen molar-refractivity contribution in [1.82, 2.24) is 10.2 Å². The van der Waals surface area contributed by atoms with Gasteiger partial charge >= 0.3 is 0 Å². The number of likely N-dealkylation sites (tertiary alicyclic amines) is 1. The van der Waals surface area contributed by atoms with Gasteiger partial charge in [0.25, 0.3) is 0 Å². The summed E-state index contributed by atoms with van der Waals surface area (Å²) < 4.78 is 0. The van der Waals surface area contributed by atoms with Crippen molar-refractivity contribution in [3.05, 3.63) is 0 Å². The molecule has 2 saturated heterocycles. The van der Waals surface area contributed by atoms with Crippen LogP contribution < -0.4 is 5.32 Å². The lowest BCUT2D eigenvalue weighted by atomic mass is 10.0. The lowest BCUT2D eigenvalue weighted by molar-refractivity contribution is -0.136. The molecule has 0 aliphatic carbocycles. The Morgan fingerprint density at radius 3 is 2.75 bits per heavy atom. The second kappa shape index (κ2) is 5.67. The molecule has 2 aliphatic heterocycles. The van der Waals surface area contributed by atoms with Crippen LogP contribution in [0.4, 0.5) is 0 Å². The third-order valence-corrected chi connectivity index (χ3v) is 3.94. The maximum atomic E-state index is 12.4. The van der Waals surface area contributed by atoms with Crippen molar-refractivity contribution in [1.29, 1.82) is 0 Å². The van der Waals surface area contributed by atoms with Gasteiger partial charge in [-0.3, -0.25) is 4.79 Å². The molecule has 3 nitrogen and oxygen atoms in total. The summed E-state index contributed by atoms with van der Waals surface area (Å²) in [6.45, 7) is 4.17. The lowest BCUT2D eigenvalue weighted by Gasteiger charge is -2.36. The molecular weight excluding hydrogens is 200 g/mol. The number of carbonyl (C=O) groups excluding carboxylic acids is 1. The lowest BCUT2D eigenvalue weighted by Crippen LogP contribution is -2.51. The van der Waals surface area contributed by atoms with Gasteiger partial charge in [-0.05, 0) is 45.6 Å². The second-order valence-electron chi connectivity index (χ2n) is 5.23. The van der Waals surface area contributed by atoms with Crippen LogP contribution in [-0.4, -0.2) is 36.0 Å². The summed E-state index contributed by atoms with van der Waals surface area (Å²) in [5.41, 5.74) is 0. The van der Waals surface area contributed by atoms with Gasteiger partial charge in [-0.1, -0.05) is 12.8 Å². The molecule has 0 aromatic heterocycles. The van der Waals surface area contributed by atoms with Crippen LogP contribution in [0.25, 0.3) is 0 Å². The first-order valence-corrected chi connectivity index (χ1v) is 6.83. The molecule has 0 aromatic carbocycles. The molecule has 2 heterocycles. The van der Waals surface area contributed by atoms with Crippen molar-refractivity contribution in [2.75, 3.05) is 13.1 Å². The highest BCUT2D eigenvalue weighted by Gasteiger charge is 2.29. The highest BCUT2D eigenvalue weighted by Crippen LogP contribution is 2.19. The van der Waals surface area contributed by atoms with Gasteiger partial charge in [-0.2, -0.15) is 0 Å². The topological polar surface area (TPSA) is 32.3 Å². The van der Waals surface area contributed by atoms with Gasteiger partial charge in [-0.15, -0.1) is 0 Å². The number of rotatable bonds is 1. The van der Waals surface area contributed by atoms with Crippen LogP contribution in [0.15, 0.2) is 0 Å². The van der Waals surface area contributed by atoms with Crippen LogP contribution in [0, 0.1) is 0 Å². The van der Waals surface area contributed by atoms with Crippen molar-refractivity contribution in [3.63, 3.8) is 0 Å². The number of nitrogens with one attached hydrogen (secondary N) is 1. The third kappa shape index (κ3) is 2.76. The Balaban J connectivity index is 1.93. The molecule has 0 aromatic rings. The van der Waals surface area contributed by atoms with Gasteiger partial charge in [0.1, 0.15) is 0 Å². The quantitative estimate of drug-likeness (QED) is 0.738. The summed E-state index contributed by atoms with van der Waals surface area (Å²) in [6.07, 6.45) is 8.36. The van der Waals surface area contributed by atoms with Crippen LogP contribution in [0.3, 0.4) is 0 Å². The van der Waals surface area contributed by atoms with Gasteiger partial charge in [0.15, 0.2) is 0 Å². The highest BCUT2D eigenvalue weighted by atomic mass is 16.2. The number of amides is 1. The van der Waals surface area contributed by atoms with Gasteiger partial charge < -0.3 is 10.2 Å². The molecule has 2 fully saturated rings. The molecule has 0 spiro atoms. The van der Waals surface area contributed by atoms with E-state index in [-0.39, 0.29) is 6.04 Å².